The Hall–Kier alpha value is -2.70. The number of amides is 2. The van der Waals surface area contributed by atoms with Gasteiger partial charge in [0.15, 0.2) is 0 Å². The van der Waals surface area contributed by atoms with Gasteiger partial charge in [-0.1, -0.05) is 0 Å². The predicted octanol–water partition coefficient (Wildman–Crippen LogP) is 0.575. The van der Waals surface area contributed by atoms with Crippen molar-refractivity contribution in [3.8, 4) is 11.5 Å². The summed E-state index contributed by atoms with van der Waals surface area (Å²) in [7, 11) is 0. The average Bonchev–Trinajstić information content (AvgIpc) is 3.08. The Balaban J connectivity index is 1.82. The van der Waals surface area contributed by atoms with Crippen LogP contribution in [0.5, 0.6) is 0 Å². The lowest BCUT2D eigenvalue weighted by Crippen LogP contribution is -2.28. The highest BCUT2D eigenvalue weighted by atomic mass is 16.4. The van der Waals surface area contributed by atoms with E-state index in [1.165, 1.54) is 6.39 Å². The van der Waals surface area contributed by atoms with Crippen molar-refractivity contribution in [1.82, 2.24) is 10.2 Å². The van der Waals surface area contributed by atoms with E-state index >= 15 is 0 Å². The van der Waals surface area contributed by atoms with E-state index in [2.05, 4.69) is 10.2 Å². The Morgan fingerprint density at radius 1 is 1.35 bits per heavy atom. The van der Waals surface area contributed by atoms with Crippen molar-refractivity contribution in [1.29, 1.82) is 0 Å². The number of primary amides is 1. The maximum Gasteiger partial charge on any atom is 0.247 e. The fraction of sp³-hybridized carbons (Fsp3) is 0.231. The molecule has 7 heteroatoms. The summed E-state index contributed by atoms with van der Waals surface area (Å²) in [5, 5.41) is 7.41. The molecule has 3 rings (SSSR count). The summed E-state index contributed by atoms with van der Waals surface area (Å²) in [6.45, 7) is 0.327. The summed E-state index contributed by atoms with van der Waals surface area (Å²) < 4.78 is 5.09. The highest BCUT2D eigenvalue weighted by Crippen LogP contribution is 2.27. The molecule has 102 valence electrons. The minimum atomic E-state index is -0.441. The highest BCUT2D eigenvalue weighted by Gasteiger charge is 2.33. The number of anilines is 1. The van der Waals surface area contributed by atoms with Gasteiger partial charge in [-0.25, -0.2) is 0 Å². The summed E-state index contributed by atoms with van der Waals surface area (Å²) >= 11 is 0. The lowest BCUT2D eigenvalue weighted by atomic mass is 10.1. The number of carbonyl (C=O) groups is 2. The summed E-state index contributed by atoms with van der Waals surface area (Å²) in [5.74, 6) is -0.542. The molecular weight excluding hydrogens is 260 g/mol. The van der Waals surface area contributed by atoms with Crippen molar-refractivity contribution in [2.45, 2.75) is 6.42 Å². The van der Waals surface area contributed by atoms with E-state index in [-0.39, 0.29) is 12.3 Å². The molecule has 1 atom stereocenters. The van der Waals surface area contributed by atoms with Gasteiger partial charge in [-0.3, -0.25) is 9.59 Å². The molecule has 7 nitrogen and oxygen atoms in total. The molecule has 1 aliphatic heterocycles. The van der Waals surface area contributed by atoms with Gasteiger partial charge in [0.2, 0.25) is 24.1 Å². The Bertz CT molecular complexity index is 636. The van der Waals surface area contributed by atoms with Crippen molar-refractivity contribution in [3.63, 3.8) is 0 Å². The average molecular weight is 272 g/mol. The lowest BCUT2D eigenvalue weighted by molar-refractivity contribution is -0.123. The number of carbonyl (C=O) groups excluding carboxylic acids is 2. The third kappa shape index (κ3) is 2.13. The zero-order valence-corrected chi connectivity index (χ0v) is 10.5. The second kappa shape index (κ2) is 4.76. The van der Waals surface area contributed by atoms with Crippen LogP contribution in [0.1, 0.15) is 6.42 Å². The van der Waals surface area contributed by atoms with Gasteiger partial charge in [0, 0.05) is 24.2 Å². The Kier molecular flexibility index (Phi) is 2.94. The predicted molar refractivity (Wildman–Crippen MR) is 69.4 cm³/mol. The summed E-state index contributed by atoms with van der Waals surface area (Å²) in [5.41, 5.74) is 6.74. The molecular formula is C13H12N4O3. The molecule has 1 unspecified atom stereocenters. The molecule has 1 aliphatic rings. The smallest absolute Gasteiger partial charge is 0.247 e. The van der Waals surface area contributed by atoms with E-state index in [4.69, 9.17) is 10.2 Å². The zero-order chi connectivity index (χ0) is 14.1. The molecule has 2 aromatic rings. The summed E-state index contributed by atoms with van der Waals surface area (Å²) in [4.78, 5) is 24.6. The standard InChI is InChI=1S/C13H12N4O3/c14-12(19)9-5-11(18)17(6-9)10-3-1-8(2-4-10)13-16-15-7-20-13/h1-4,7,9H,5-6H2,(H2,14,19). The van der Waals surface area contributed by atoms with Gasteiger partial charge in [-0.15, -0.1) is 10.2 Å². The minimum Gasteiger partial charge on any atom is -0.423 e. The topological polar surface area (TPSA) is 102 Å². The fourth-order valence-corrected chi connectivity index (χ4v) is 2.23. The molecule has 0 radical (unpaired) electrons. The maximum atomic E-state index is 11.9. The van der Waals surface area contributed by atoms with E-state index in [1.807, 2.05) is 0 Å². The van der Waals surface area contributed by atoms with E-state index < -0.39 is 11.8 Å². The molecule has 0 saturated carbocycles. The number of hydrogen-bond donors (Lipinski definition) is 1. The Morgan fingerprint density at radius 2 is 2.10 bits per heavy atom. The molecule has 2 heterocycles. The van der Waals surface area contributed by atoms with Crippen LogP contribution in [0.15, 0.2) is 35.1 Å². The summed E-state index contributed by atoms with van der Waals surface area (Å²) in [6, 6.07) is 7.13. The number of nitrogens with two attached hydrogens (primary N) is 1. The number of aromatic nitrogens is 2. The van der Waals surface area contributed by atoms with E-state index in [0.717, 1.165) is 11.3 Å². The third-order valence-corrected chi connectivity index (χ3v) is 3.31. The molecule has 0 spiro atoms. The first-order valence-corrected chi connectivity index (χ1v) is 6.11. The second-order valence-electron chi connectivity index (χ2n) is 4.60. The third-order valence-electron chi connectivity index (χ3n) is 3.31. The van der Waals surface area contributed by atoms with Crippen LogP contribution < -0.4 is 10.6 Å². The molecule has 1 aromatic heterocycles. The highest BCUT2D eigenvalue weighted by molar-refractivity contribution is 6.00. The van der Waals surface area contributed by atoms with E-state index in [0.29, 0.717) is 12.4 Å². The normalized spacial score (nSPS) is 18.5. The first-order chi connectivity index (χ1) is 9.65. The van der Waals surface area contributed by atoms with Gasteiger partial charge in [0.25, 0.3) is 0 Å². The molecule has 1 fully saturated rings. The summed E-state index contributed by atoms with van der Waals surface area (Å²) in [6.07, 6.45) is 1.42. The van der Waals surface area contributed by atoms with Crippen molar-refractivity contribution in [2.75, 3.05) is 11.4 Å². The first-order valence-electron chi connectivity index (χ1n) is 6.11. The van der Waals surface area contributed by atoms with Crippen LogP contribution in [0.2, 0.25) is 0 Å². The van der Waals surface area contributed by atoms with Gasteiger partial charge in [-0.05, 0) is 24.3 Å². The lowest BCUT2D eigenvalue weighted by Gasteiger charge is -2.16. The van der Waals surface area contributed by atoms with Gasteiger partial charge in [0.1, 0.15) is 0 Å². The monoisotopic (exact) mass is 272 g/mol. The van der Waals surface area contributed by atoms with Crippen LogP contribution in [0.4, 0.5) is 5.69 Å². The Labute approximate surface area is 114 Å². The second-order valence-corrected chi connectivity index (χ2v) is 4.60. The van der Waals surface area contributed by atoms with Crippen LogP contribution in [0.25, 0.3) is 11.5 Å². The maximum absolute atomic E-state index is 11.9. The van der Waals surface area contributed by atoms with E-state index in [1.54, 1.807) is 29.2 Å². The fourth-order valence-electron chi connectivity index (χ4n) is 2.23. The van der Waals surface area contributed by atoms with Crippen LogP contribution in [0.3, 0.4) is 0 Å². The van der Waals surface area contributed by atoms with Crippen LogP contribution in [-0.2, 0) is 9.59 Å². The SMILES string of the molecule is NC(=O)C1CC(=O)N(c2ccc(-c3nnco3)cc2)C1. The quantitative estimate of drug-likeness (QED) is 0.880. The molecule has 2 amide bonds. The van der Waals surface area contributed by atoms with Crippen molar-refractivity contribution in [3.05, 3.63) is 30.7 Å². The van der Waals surface area contributed by atoms with Gasteiger partial charge < -0.3 is 15.1 Å². The van der Waals surface area contributed by atoms with E-state index in [9.17, 15) is 9.59 Å². The van der Waals surface area contributed by atoms with Crippen LogP contribution in [0, 0.1) is 5.92 Å². The first kappa shape index (κ1) is 12.3. The van der Waals surface area contributed by atoms with Crippen molar-refractivity contribution >= 4 is 17.5 Å². The van der Waals surface area contributed by atoms with Crippen molar-refractivity contribution < 1.29 is 14.0 Å². The number of nitrogens with zero attached hydrogens (tertiary/aromatic N) is 3. The molecule has 1 saturated heterocycles. The molecule has 1 aromatic carbocycles. The zero-order valence-electron chi connectivity index (χ0n) is 10.5. The number of rotatable bonds is 3. The van der Waals surface area contributed by atoms with Gasteiger partial charge in [0.05, 0.1) is 5.92 Å². The molecule has 0 bridgehead atoms. The minimum absolute atomic E-state index is 0.0978. The van der Waals surface area contributed by atoms with Crippen molar-refractivity contribution in [2.24, 2.45) is 11.7 Å². The molecule has 0 aliphatic carbocycles. The van der Waals surface area contributed by atoms with Crippen LogP contribution >= 0.6 is 0 Å². The van der Waals surface area contributed by atoms with Crippen LogP contribution in [-0.4, -0.2) is 28.6 Å². The largest absolute Gasteiger partial charge is 0.423 e. The van der Waals surface area contributed by atoms with Gasteiger partial charge in [-0.2, -0.15) is 0 Å². The van der Waals surface area contributed by atoms with Gasteiger partial charge >= 0.3 is 0 Å². The number of benzene rings is 1. The molecule has 2 N–H and O–H groups in total. The Morgan fingerprint density at radius 3 is 2.65 bits per heavy atom. The number of hydrogen-bond acceptors (Lipinski definition) is 5. The molecule has 20 heavy (non-hydrogen) atoms.